The van der Waals surface area contributed by atoms with Crippen molar-refractivity contribution >= 4 is 11.7 Å². The maximum atomic E-state index is 12.0. The largest absolute Gasteiger partial charge is 0.468 e. The molecule has 122 valence electrons. The monoisotopic (exact) mass is 326 g/mol. The van der Waals surface area contributed by atoms with Crippen molar-refractivity contribution in [3.8, 4) is 5.88 Å². The van der Waals surface area contributed by atoms with Crippen molar-refractivity contribution < 1.29 is 22.7 Å². The number of ether oxygens (including phenoxy) is 1. The molecular weight excluding hydrogens is 313 g/mol. The SMILES string of the molecule is Nc1cc(CNC(=O)c2ccc(OCC(F)(F)F)nc2)ccn1. The van der Waals surface area contributed by atoms with Gasteiger partial charge in [0.1, 0.15) is 5.82 Å². The molecule has 2 aromatic rings. The number of amides is 1. The summed E-state index contributed by atoms with van der Waals surface area (Å²) in [5, 5.41) is 2.64. The molecule has 23 heavy (non-hydrogen) atoms. The highest BCUT2D eigenvalue weighted by Crippen LogP contribution is 2.17. The fourth-order valence-electron chi connectivity index (χ4n) is 1.64. The predicted molar refractivity (Wildman–Crippen MR) is 75.6 cm³/mol. The Kier molecular flexibility index (Phi) is 4.99. The van der Waals surface area contributed by atoms with Crippen LogP contribution in [0.5, 0.6) is 5.88 Å². The summed E-state index contributed by atoms with van der Waals surface area (Å²) >= 11 is 0. The fourth-order valence-corrected chi connectivity index (χ4v) is 1.64. The number of carbonyl (C=O) groups excluding carboxylic acids is 1. The van der Waals surface area contributed by atoms with Gasteiger partial charge in [-0.3, -0.25) is 4.79 Å². The average molecular weight is 326 g/mol. The van der Waals surface area contributed by atoms with Crippen LogP contribution >= 0.6 is 0 Å². The standard InChI is InChI=1S/C14H13F3N4O2/c15-14(16,17)8-23-12-2-1-10(7-20-12)13(22)21-6-9-3-4-19-11(18)5-9/h1-5,7H,6,8H2,(H2,18,19)(H,21,22). The van der Waals surface area contributed by atoms with Crippen LogP contribution in [0.15, 0.2) is 36.7 Å². The topological polar surface area (TPSA) is 90.1 Å². The molecule has 0 bridgehead atoms. The first-order valence-electron chi connectivity index (χ1n) is 6.48. The molecule has 2 heterocycles. The minimum absolute atomic E-state index is 0.200. The maximum Gasteiger partial charge on any atom is 0.422 e. The van der Waals surface area contributed by atoms with E-state index >= 15 is 0 Å². The van der Waals surface area contributed by atoms with Crippen molar-refractivity contribution in [1.29, 1.82) is 0 Å². The van der Waals surface area contributed by atoms with E-state index in [1.807, 2.05) is 0 Å². The van der Waals surface area contributed by atoms with Gasteiger partial charge >= 0.3 is 6.18 Å². The number of anilines is 1. The molecule has 0 fully saturated rings. The van der Waals surface area contributed by atoms with E-state index in [1.54, 1.807) is 12.1 Å². The Morgan fingerprint density at radius 3 is 2.65 bits per heavy atom. The number of carbonyl (C=O) groups is 1. The van der Waals surface area contributed by atoms with Crippen molar-refractivity contribution in [2.24, 2.45) is 0 Å². The Morgan fingerprint density at radius 1 is 1.26 bits per heavy atom. The first kappa shape index (κ1) is 16.5. The smallest absolute Gasteiger partial charge is 0.422 e. The third kappa shape index (κ3) is 5.46. The average Bonchev–Trinajstić information content (AvgIpc) is 2.50. The van der Waals surface area contributed by atoms with Crippen molar-refractivity contribution in [3.63, 3.8) is 0 Å². The van der Waals surface area contributed by atoms with Crippen LogP contribution in [0.2, 0.25) is 0 Å². The molecule has 1 amide bonds. The highest BCUT2D eigenvalue weighted by atomic mass is 19.4. The summed E-state index contributed by atoms with van der Waals surface area (Å²) in [5.74, 6) is -0.291. The minimum Gasteiger partial charge on any atom is -0.468 e. The number of rotatable bonds is 5. The van der Waals surface area contributed by atoms with Crippen LogP contribution in [0.25, 0.3) is 0 Å². The molecule has 0 aliphatic rings. The Labute approximate surface area is 129 Å². The second-order valence-electron chi connectivity index (χ2n) is 4.56. The van der Waals surface area contributed by atoms with Crippen molar-refractivity contribution in [2.75, 3.05) is 12.3 Å². The summed E-state index contributed by atoms with van der Waals surface area (Å²) < 4.78 is 40.5. The second kappa shape index (κ2) is 6.95. The van der Waals surface area contributed by atoms with E-state index in [0.717, 1.165) is 11.8 Å². The molecule has 9 heteroatoms. The molecule has 3 N–H and O–H groups in total. The molecule has 0 aromatic carbocycles. The number of nitrogens with zero attached hydrogens (tertiary/aromatic N) is 2. The normalized spacial score (nSPS) is 11.1. The third-order valence-corrected chi connectivity index (χ3v) is 2.68. The van der Waals surface area contributed by atoms with Gasteiger partial charge in [0.15, 0.2) is 6.61 Å². The van der Waals surface area contributed by atoms with Gasteiger partial charge in [-0.15, -0.1) is 0 Å². The van der Waals surface area contributed by atoms with Crippen LogP contribution in [0.4, 0.5) is 19.0 Å². The number of pyridine rings is 2. The van der Waals surface area contributed by atoms with E-state index in [-0.39, 0.29) is 18.0 Å². The van der Waals surface area contributed by atoms with Gasteiger partial charge in [-0.1, -0.05) is 0 Å². The van der Waals surface area contributed by atoms with Gasteiger partial charge in [0.25, 0.3) is 5.91 Å². The lowest BCUT2D eigenvalue weighted by Gasteiger charge is -2.09. The first-order chi connectivity index (χ1) is 10.8. The van der Waals surface area contributed by atoms with Gasteiger partial charge < -0.3 is 15.8 Å². The quantitative estimate of drug-likeness (QED) is 0.876. The minimum atomic E-state index is -4.44. The van der Waals surface area contributed by atoms with Crippen molar-refractivity contribution in [3.05, 3.63) is 47.8 Å². The number of aromatic nitrogens is 2. The molecule has 2 aromatic heterocycles. The molecule has 6 nitrogen and oxygen atoms in total. The molecule has 0 aliphatic heterocycles. The fraction of sp³-hybridized carbons (Fsp3) is 0.214. The lowest BCUT2D eigenvalue weighted by Crippen LogP contribution is -2.23. The molecule has 0 radical (unpaired) electrons. The van der Waals surface area contributed by atoms with Gasteiger partial charge in [0.05, 0.1) is 5.56 Å². The summed E-state index contributed by atoms with van der Waals surface area (Å²) in [7, 11) is 0. The molecule has 0 spiro atoms. The number of nitrogen functional groups attached to an aromatic ring is 1. The van der Waals surface area contributed by atoms with Gasteiger partial charge in [0, 0.05) is 25.0 Å². The van der Waals surface area contributed by atoms with Gasteiger partial charge in [-0.25, -0.2) is 9.97 Å². The Bertz CT molecular complexity index is 674. The third-order valence-electron chi connectivity index (χ3n) is 2.68. The van der Waals surface area contributed by atoms with E-state index in [4.69, 9.17) is 5.73 Å². The molecule has 0 saturated heterocycles. The summed E-state index contributed by atoms with van der Waals surface area (Å²) in [4.78, 5) is 19.4. The zero-order valence-electron chi connectivity index (χ0n) is 11.8. The van der Waals surface area contributed by atoms with Crippen LogP contribution in [0, 0.1) is 0 Å². The number of nitrogens with two attached hydrogens (primary N) is 1. The molecule has 0 unspecified atom stereocenters. The van der Waals surface area contributed by atoms with E-state index in [0.29, 0.717) is 5.82 Å². The number of alkyl halides is 3. The van der Waals surface area contributed by atoms with E-state index in [2.05, 4.69) is 20.0 Å². The Hall–Kier alpha value is -2.84. The predicted octanol–water partition coefficient (Wildman–Crippen LogP) is 1.93. The Morgan fingerprint density at radius 2 is 2.04 bits per heavy atom. The first-order valence-corrected chi connectivity index (χ1v) is 6.48. The van der Waals surface area contributed by atoms with Crippen LogP contribution in [-0.4, -0.2) is 28.7 Å². The van der Waals surface area contributed by atoms with Crippen molar-refractivity contribution in [1.82, 2.24) is 15.3 Å². The van der Waals surface area contributed by atoms with Crippen LogP contribution < -0.4 is 15.8 Å². The molecule has 0 atom stereocenters. The number of nitrogens with one attached hydrogen (secondary N) is 1. The molecule has 0 aliphatic carbocycles. The summed E-state index contributed by atoms with van der Waals surface area (Å²) in [6.45, 7) is -1.20. The van der Waals surface area contributed by atoms with Gasteiger partial charge in [-0.2, -0.15) is 13.2 Å². The molecular formula is C14H13F3N4O2. The van der Waals surface area contributed by atoms with E-state index in [1.165, 1.54) is 18.3 Å². The van der Waals surface area contributed by atoms with E-state index in [9.17, 15) is 18.0 Å². The lowest BCUT2D eigenvalue weighted by atomic mass is 10.2. The lowest BCUT2D eigenvalue weighted by molar-refractivity contribution is -0.154. The van der Waals surface area contributed by atoms with Gasteiger partial charge in [-0.05, 0) is 23.8 Å². The summed E-state index contributed by atoms with van der Waals surface area (Å²) in [6.07, 6.45) is -1.78. The van der Waals surface area contributed by atoms with Crippen LogP contribution in [0.3, 0.4) is 0 Å². The van der Waals surface area contributed by atoms with Crippen LogP contribution in [0.1, 0.15) is 15.9 Å². The number of hydrogen-bond donors (Lipinski definition) is 2. The summed E-state index contributed by atoms with van der Waals surface area (Å²) in [5.41, 5.74) is 6.49. The highest BCUT2D eigenvalue weighted by Gasteiger charge is 2.28. The Balaban J connectivity index is 1.90. The second-order valence-corrected chi connectivity index (χ2v) is 4.56. The summed E-state index contributed by atoms with van der Waals surface area (Å²) in [6, 6.07) is 5.84. The molecule has 2 rings (SSSR count). The van der Waals surface area contributed by atoms with E-state index < -0.39 is 18.7 Å². The zero-order valence-corrected chi connectivity index (χ0v) is 11.8. The highest BCUT2D eigenvalue weighted by molar-refractivity contribution is 5.93. The maximum absolute atomic E-state index is 12.0. The van der Waals surface area contributed by atoms with Crippen molar-refractivity contribution in [2.45, 2.75) is 12.7 Å². The van der Waals surface area contributed by atoms with Gasteiger partial charge in [0.2, 0.25) is 5.88 Å². The van der Waals surface area contributed by atoms with Crippen LogP contribution in [-0.2, 0) is 6.54 Å². The number of hydrogen-bond acceptors (Lipinski definition) is 5. The molecule has 0 saturated carbocycles. The zero-order chi connectivity index (χ0) is 16.9. The number of halogens is 3.